The Hall–Kier alpha value is -1.55. The molecule has 0 unspecified atom stereocenters. The van der Waals surface area contributed by atoms with Gasteiger partial charge in [0.15, 0.2) is 0 Å². The fourth-order valence-corrected chi connectivity index (χ4v) is 1.30. The van der Waals surface area contributed by atoms with Crippen molar-refractivity contribution in [2.75, 3.05) is 13.7 Å². The highest BCUT2D eigenvalue weighted by atomic mass is 16.5. The molecule has 0 fully saturated rings. The minimum absolute atomic E-state index is 0.0883. The predicted molar refractivity (Wildman–Crippen MR) is 54.9 cm³/mol. The summed E-state index contributed by atoms with van der Waals surface area (Å²) in [6.45, 7) is 0.106. The summed E-state index contributed by atoms with van der Waals surface area (Å²) in [6.07, 6.45) is 1.30. The largest absolute Gasteiger partial charge is 0.507 e. The lowest BCUT2D eigenvalue weighted by atomic mass is 10.1. The van der Waals surface area contributed by atoms with Crippen LogP contribution in [0, 0.1) is 0 Å². The van der Waals surface area contributed by atoms with Crippen LogP contribution in [0.15, 0.2) is 18.2 Å². The van der Waals surface area contributed by atoms with E-state index in [4.69, 9.17) is 5.11 Å². The highest BCUT2D eigenvalue weighted by Gasteiger charge is 2.11. The molecule has 0 bridgehead atoms. The molecule has 4 nitrogen and oxygen atoms in total. The van der Waals surface area contributed by atoms with Gasteiger partial charge in [-0.15, -0.1) is 0 Å². The smallest absolute Gasteiger partial charge is 0.341 e. The van der Waals surface area contributed by atoms with E-state index in [-0.39, 0.29) is 17.9 Å². The molecule has 0 spiro atoms. The van der Waals surface area contributed by atoms with Gasteiger partial charge in [0.25, 0.3) is 0 Å². The average Bonchev–Trinajstić information content (AvgIpc) is 2.27. The van der Waals surface area contributed by atoms with Gasteiger partial charge in [-0.3, -0.25) is 0 Å². The zero-order chi connectivity index (χ0) is 11.3. The lowest BCUT2D eigenvalue weighted by Gasteiger charge is -2.05. The number of phenols is 1. The van der Waals surface area contributed by atoms with Crippen molar-refractivity contribution >= 4 is 5.97 Å². The van der Waals surface area contributed by atoms with Gasteiger partial charge in [-0.2, -0.15) is 0 Å². The number of ether oxygens (including phenoxy) is 1. The van der Waals surface area contributed by atoms with Crippen LogP contribution in [0.2, 0.25) is 0 Å². The summed E-state index contributed by atoms with van der Waals surface area (Å²) in [5.41, 5.74) is 1.05. The molecule has 0 aliphatic carbocycles. The van der Waals surface area contributed by atoms with E-state index < -0.39 is 5.97 Å². The Bertz CT molecular complexity index is 346. The van der Waals surface area contributed by atoms with Crippen molar-refractivity contribution in [2.45, 2.75) is 12.8 Å². The second-order valence-electron chi connectivity index (χ2n) is 3.17. The molecule has 0 saturated carbocycles. The van der Waals surface area contributed by atoms with Gasteiger partial charge in [0, 0.05) is 6.61 Å². The number of hydrogen-bond acceptors (Lipinski definition) is 4. The molecule has 0 aromatic heterocycles. The van der Waals surface area contributed by atoms with Crippen molar-refractivity contribution in [3.05, 3.63) is 29.3 Å². The van der Waals surface area contributed by atoms with E-state index in [9.17, 15) is 9.90 Å². The van der Waals surface area contributed by atoms with Crippen molar-refractivity contribution in [3.8, 4) is 5.75 Å². The van der Waals surface area contributed by atoms with Crippen LogP contribution >= 0.6 is 0 Å². The molecule has 0 heterocycles. The maximum absolute atomic E-state index is 11.2. The number of rotatable bonds is 4. The van der Waals surface area contributed by atoms with Crippen molar-refractivity contribution < 1.29 is 19.7 Å². The molecule has 15 heavy (non-hydrogen) atoms. The summed E-state index contributed by atoms with van der Waals surface area (Å²) >= 11 is 0. The molecule has 0 aliphatic heterocycles. The van der Waals surface area contributed by atoms with Crippen molar-refractivity contribution in [2.24, 2.45) is 0 Å². The third-order valence-corrected chi connectivity index (χ3v) is 2.09. The number of esters is 1. The van der Waals surface area contributed by atoms with Gasteiger partial charge >= 0.3 is 5.97 Å². The maximum atomic E-state index is 11.2. The Morgan fingerprint density at radius 3 is 2.80 bits per heavy atom. The molecule has 4 heteroatoms. The van der Waals surface area contributed by atoms with E-state index in [1.807, 2.05) is 0 Å². The van der Waals surface area contributed by atoms with Gasteiger partial charge in [-0.25, -0.2) is 4.79 Å². The first kappa shape index (κ1) is 11.5. The molecule has 82 valence electrons. The first-order chi connectivity index (χ1) is 7.19. The summed E-state index contributed by atoms with van der Waals surface area (Å²) in [6, 6.07) is 4.76. The molecule has 0 atom stereocenters. The number of phenolic OH excluding ortho intramolecular Hbond substituents is 1. The van der Waals surface area contributed by atoms with Crippen molar-refractivity contribution in [1.82, 2.24) is 0 Å². The number of aliphatic hydroxyl groups is 1. The van der Waals surface area contributed by atoms with E-state index in [2.05, 4.69) is 4.74 Å². The van der Waals surface area contributed by atoms with Crippen LogP contribution in [0.5, 0.6) is 5.75 Å². The molecule has 0 amide bonds. The van der Waals surface area contributed by atoms with Crippen LogP contribution in [0.25, 0.3) is 0 Å². The minimum Gasteiger partial charge on any atom is -0.507 e. The van der Waals surface area contributed by atoms with E-state index in [0.29, 0.717) is 12.8 Å². The molecule has 0 saturated heterocycles. The van der Waals surface area contributed by atoms with Crippen LogP contribution in [0.1, 0.15) is 22.3 Å². The van der Waals surface area contributed by atoms with Gasteiger partial charge in [0.2, 0.25) is 0 Å². The summed E-state index contributed by atoms with van der Waals surface area (Å²) in [5.74, 6) is -0.645. The highest BCUT2D eigenvalue weighted by Crippen LogP contribution is 2.20. The van der Waals surface area contributed by atoms with E-state index >= 15 is 0 Å². The number of methoxy groups -OCH3 is 1. The van der Waals surface area contributed by atoms with Gasteiger partial charge < -0.3 is 14.9 Å². The molecule has 1 rings (SSSR count). The number of aryl methyl sites for hydroxylation is 1. The molecule has 0 aliphatic rings. The highest BCUT2D eigenvalue weighted by molar-refractivity contribution is 5.92. The predicted octanol–water partition coefficient (Wildman–Crippen LogP) is 1.10. The standard InChI is InChI=1S/C11H14O4/c1-15-11(14)9-7-8(3-2-6-12)4-5-10(9)13/h4-5,7,12-13H,2-3,6H2,1H3. The van der Waals surface area contributed by atoms with Crippen LogP contribution < -0.4 is 0 Å². The second kappa shape index (κ2) is 5.36. The fourth-order valence-electron chi connectivity index (χ4n) is 1.30. The Morgan fingerprint density at radius 2 is 2.20 bits per heavy atom. The SMILES string of the molecule is COC(=O)c1cc(CCCO)ccc1O. The Labute approximate surface area is 88.1 Å². The Balaban J connectivity index is 2.89. The van der Waals surface area contributed by atoms with Crippen LogP contribution in [0.4, 0.5) is 0 Å². The van der Waals surface area contributed by atoms with Crippen molar-refractivity contribution in [3.63, 3.8) is 0 Å². The van der Waals surface area contributed by atoms with Crippen LogP contribution in [-0.4, -0.2) is 29.9 Å². The zero-order valence-corrected chi connectivity index (χ0v) is 8.56. The summed E-state index contributed by atoms with van der Waals surface area (Å²) in [5, 5.41) is 18.1. The zero-order valence-electron chi connectivity index (χ0n) is 8.56. The lowest BCUT2D eigenvalue weighted by molar-refractivity contribution is 0.0597. The molecular formula is C11H14O4. The normalized spacial score (nSPS) is 10.0. The fraction of sp³-hybridized carbons (Fsp3) is 0.364. The third-order valence-electron chi connectivity index (χ3n) is 2.09. The molecule has 1 aromatic carbocycles. The minimum atomic E-state index is -0.557. The average molecular weight is 210 g/mol. The number of benzene rings is 1. The van der Waals surface area contributed by atoms with E-state index in [0.717, 1.165) is 5.56 Å². The van der Waals surface area contributed by atoms with E-state index in [1.165, 1.54) is 13.2 Å². The number of aromatic hydroxyl groups is 1. The number of hydrogen-bond donors (Lipinski definition) is 2. The number of carbonyl (C=O) groups excluding carboxylic acids is 1. The molecule has 2 N–H and O–H groups in total. The topological polar surface area (TPSA) is 66.8 Å². The number of carbonyl (C=O) groups is 1. The summed E-state index contributed by atoms with van der Waals surface area (Å²) in [4.78, 5) is 11.2. The van der Waals surface area contributed by atoms with Crippen molar-refractivity contribution in [1.29, 1.82) is 0 Å². The monoisotopic (exact) mass is 210 g/mol. The van der Waals surface area contributed by atoms with Gasteiger partial charge in [0.1, 0.15) is 11.3 Å². The number of aliphatic hydroxyl groups excluding tert-OH is 1. The molecule has 0 radical (unpaired) electrons. The summed E-state index contributed by atoms with van der Waals surface area (Å²) in [7, 11) is 1.27. The Kier molecular flexibility index (Phi) is 4.12. The van der Waals surface area contributed by atoms with Gasteiger partial charge in [-0.1, -0.05) is 6.07 Å². The third kappa shape index (κ3) is 2.95. The van der Waals surface area contributed by atoms with Crippen LogP contribution in [-0.2, 0) is 11.2 Å². The molecular weight excluding hydrogens is 196 g/mol. The maximum Gasteiger partial charge on any atom is 0.341 e. The van der Waals surface area contributed by atoms with Gasteiger partial charge in [0.05, 0.1) is 7.11 Å². The quantitative estimate of drug-likeness (QED) is 0.730. The first-order valence-electron chi connectivity index (χ1n) is 4.70. The summed E-state index contributed by atoms with van der Waals surface area (Å²) < 4.78 is 4.53. The van der Waals surface area contributed by atoms with Crippen LogP contribution in [0.3, 0.4) is 0 Å². The second-order valence-corrected chi connectivity index (χ2v) is 3.17. The lowest BCUT2D eigenvalue weighted by Crippen LogP contribution is -2.02. The molecule has 1 aromatic rings. The van der Waals surface area contributed by atoms with Gasteiger partial charge in [-0.05, 0) is 30.5 Å². The van der Waals surface area contributed by atoms with E-state index in [1.54, 1.807) is 12.1 Å². The first-order valence-corrected chi connectivity index (χ1v) is 4.70. The Morgan fingerprint density at radius 1 is 1.47 bits per heavy atom.